The predicted molar refractivity (Wildman–Crippen MR) is 140 cm³/mol. The van der Waals surface area contributed by atoms with E-state index in [1.807, 2.05) is 4.57 Å². The maximum atomic E-state index is 13.0. The quantitative estimate of drug-likeness (QED) is 0.269. The standard InChI is InChI=1S/C26H23N3O5S2/c1-3-15-29-22-14-13-19(25(31)34-4-2)17-23(22)35-26(29)27-24(30)18-9-8-10-20(16-18)28-36(32,33)21-11-6-5-7-12-21/h3,5-14,16-17,28H,1,4,15H2,2H3. The molecule has 0 fully saturated rings. The Balaban J connectivity index is 1.68. The van der Waals surface area contributed by atoms with Crippen molar-refractivity contribution in [1.82, 2.24) is 4.57 Å². The van der Waals surface area contributed by atoms with Gasteiger partial charge in [0.05, 0.1) is 27.3 Å². The number of sulfonamides is 1. The first-order chi connectivity index (χ1) is 17.3. The second-order valence-electron chi connectivity index (χ2n) is 7.60. The summed E-state index contributed by atoms with van der Waals surface area (Å²) in [5.41, 5.74) is 1.67. The number of benzene rings is 3. The molecule has 4 aromatic rings. The number of hydrogen-bond acceptors (Lipinski definition) is 6. The van der Waals surface area contributed by atoms with Crippen LogP contribution in [0.3, 0.4) is 0 Å². The molecule has 0 spiro atoms. The Bertz CT molecular complexity index is 1620. The monoisotopic (exact) mass is 521 g/mol. The molecule has 0 atom stereocenters. The van der Waals surface area contributed by atoms with Crippen molar-refractivity contribution in [3.05, 3.63) is 101 Å². The van der Waals surface area contributed by atoms with E-state index in [1.54, 1.807) is 67.6 Å². The molecular formula is C26H23N3O5S2. The third-order valence-electron chi connectivity index (χ3n) is 5.12. The van der Waals surface area contributed by atoms with Crippen LogP contribution in [0.1, 0.15) is 27.6 Å². The van der Waals surface area contributed by atoms with Crippen LogP contribution < -0.4 is 9.52 Å². The fraction of sp³-hybridized carbons (Fsp3) is 0.115. The van der Waals surface area contributed by atoms with Gasteiger partial charge in [0.1, 0.15) is 0 Å². The van der Waals surface area contributed by atoms with Crippen LogP contribution >= 0.6 is 11.3 Å². The van der Waals surface area contributed by atoms with Crippen molar-refractivity contribution in [1.29, 1.82) is 0 Å². The topological polar surface area (TPSA) is 107 Å². The number of thiazole rings is 1. The number of allylic oxidation sites excluding steroid dienone is 1. The van der Waals surface area contributed by atoms with Crippen LogP contribution in [0.25, 0.3) is 10.2 Å². The first kappa shape index (κ1) is 25.1. The number of aromatic nitrogens is 1. The van der Waals surface area contributed by atoms with Crippen molar-refractivity contribution in [3.63, 3.8) is 0 Å². The number of amides is 1. The molecule has 1 aromatic heterocycles. The largest absolute Gasteiger partial charge is 0.462 e. The zero-order chi connectivity index (χ0) is 25.7. The number of nitrogens with one attached hydrogen (secondary N) is 1. The van der Waals surface area contributed by atoms with Gasteiger partial charge in [0.25, 0.3) is 15.9 Å². The molecule has 0 aliphatic carbocycles. The van der Waals surface area contributed by atoms with Gasteiger partial charge in [0.2, 0.25) is 0 Å². The van der Waals surface area contributed by atoms with Gasteiger partial charge in [-0.3, -0.25) is 9.52 Å². The Morgan fingerprint density at radius 2 is 1.83 bits per heavy atom. The molecule has 3 aromatic carbocycles. The molecule has 0 bridgehead atoms. The van der Waals surface area contributed by atoms with Crippen molar-refractivity contribution >= 4 is 49.1 Å². The van der Waals surface area contributed by atoms with E-state index in [1.165, 1.54) is 29.5 Å². The lowest BCUT2D eigenvalue weighted by Crippen LogP contribution is -2.16. The summed E-state index contributed by atoms with van der Waals surface area (Å²) in [4.78, 5) is 30.0. The predicted octanol–water partition coefficient (Wildman–Crippen LogP) is 4.61. The molecule has 8 nitrogen and oxygen atoms in total. The first-order valence-electron chi connectivity index (χ1n) is 11.0. The number of rotatable bonds is 8. The van der Waals surface area contributed by atoms with Crippen molar-refractivity contribution in [2.75, 3.05) is 11.3 Å². The maximum absolute atomic E-state index is 13.0. The minimum atomic E-state index is -3.80. The third-order valence-corrected chi connectivity index (χ3v) is 7.56. The highest BCUT2D eigenvalue weighted by atomic mass is 32.2. The van der Waals surface area contributed by atoms with Crippen molar-refractivity contribution < 1.29 is 22.7 Å². The van der Waals surface area contributed by atoms with Gasteiger partial charge in [0.15, 0.2) is 4.80 Å². The number of anilines is 1. The molecule has 10 heteroatoms. The van der Waals surface area contributed by atoms with Crippen molar-refractivity contribution in [2.45, 2.75) is 18.4 Å². The van der Waals surface area contributed by atoms with Crippen LogP contribution in [0, 0.1) is 0 Å². The summed E-state index contributed by atoms with van der Waals surface area (Å²) in [6.07, 6.45) is 1.69. The van der Waals surface area contributed by atoms with E-state index in [2.05, 4.69) is 16.3 Å². The lowest BCUT2D eigenvalue weighted by Gasteiger charge is -2.08. The summed E-state index contributed by atoms with van der Waals surface area (Å²) in [6, 6.07) is 19.3. The minimum Gasteiger partial charge on any atom is -0.462 e. The average Bonchev–Trinajstić information content (AvgIpc) is 3.21. The van der Waals surface area contributed by atoms with Crippen LogP contribution in [-0.4, -0.2) is 31.5 Å². The molecule has 4 rings (SSSR count). The summed E-state index contributed by atoms with van der Waals surface area (Å²) in [5, 5.41) is 0. The van der Waals surface area contributed by atoms with Gasteiger partial charge in [-0.25, -0.2) is 13.2 Å². The molecule has 0 unspecified atom stereocenters. The highest BCUT2D eigenvalue weighted by Gasteiger charge is 2.16. The van der Waals surface area contributed by atoms with Gasteiger partial charge in [-0.15, -0.1) is 6.58 Å². The van der Waals surface area contributed by atoms with E-state index in [0.29, 0.717) is 16.9 Å². The molecule has 36 heavy (non-hydrogen) atoms. The molecule has 1 amide bonds. The Kier molecular flexibility index (Phi) is 7.47. The van der Waals surface area contributed by atoms with E-state index in [-0.39, 0.29) is 22.8 Å². The zero-order valence-electron chi connectivity index (χ0n) is 19.4. The maximum Gasteiger partial charge on any atom is 0.338 e. The van der Waals surface area contributed by atoms with Gasteiger partial charge in [-0.1, -0.05) is 41.7 Å². The number of nitrogens with zero attached hydrogens (tertiary/aromatic N) is 2. The van der Waals surface area contributed by atoms with Gasteiger partial charge >= 0.3 is 5.97 Å². The molecule has 1 N–H and O–H groups in total. The number of carbonyl (C=O) groups is 2. The Hall–Kier alpha value is -4.02. The molecule has 0 saturated heterocycles. The van der Waals surface area contributed by atoms with E-state index < -0.39 is 21.9 Å². The Morgan fingerprint density at radius 3 is 2.56 bits per heavy atom. The molecule has 0 aliphatic rings. The zero-order valence-corrected chi connectivity index (χ0v) is 21.0. The minimum absolute atomic E-state index is 0.115. The summed E-state index contributed by atoms with van der Waals surface area (Å²) < 4.78 is 35.4. The normalized spacial score (nSPS) is 11.9. The fourth-order valence-corrected chi connectivity index (χ4v) is 5.63. The van der Waals surface area contributed by atoms with Crippen LogP contribution in [0.15, 0.2) is 95.3 Å². The molecule has 184 valence electrons. The Morgan fingerprint density at radius 1 is 1.06 bits per heavy atom. The summed E-state index contributed by atoms with van der Waals surface area (Å²) >= 11 is 1.26. The van der Waals surface area contributed by atoms with Crippen LogP contribution in [-0.2, 0) is 21.3 Å². The summed E-state index contributed by atoms with van der Waals surface area (Å²) in [7, 11) is -3.80. The molecular weight excluding hydrogens is 498 g/mol. The van der Waals surface area contributed by atoms with Crippen molar-refractivity contribution in [2.24, 2.45) is 4.99 Å². The van der Waals surface area contributed by atoms with Crippen LogP contribution in [0.4, 0.5) is 5.69 Å². The molecule has 1 heterocycles. The number of esters is 1. The highest BCUT2D eigenvalue weighted by Crippen LogP contribution is 2.21. The SMILES string of the molecule is C=CCn1c(=NC(=O)c2cccc(NS(=O)(=O)c3ccccc3)c2)sc2cc(C(=O)OCC)ccc21. The summed E-state index contributed by atoms with van der Waals surface area (Å²) in [6.45, 7) is 6.20. The van der Waals surface area contributed by atoms with E-state index in [9.17, 15) is 18.0 Å². The molecule has 0 aliphatic heterocycles. The second-order valence-corrected chi connectivity index (χ2v) is 10.3. The molecule has 0 radical (unpaired) electrons. The third kappa shape index (κ3) is 5.45. The van der Waals surface area contributed by atoms with Crippen LogP contribution in [0.5, 0.6) is 0 Å². The van der Waals surface area contributed by atoms with E-state index >= 15 is 0 Å². The lowest BCUT2D eigenvalue weighted by atomic mass is 10.2. The van der Waals surface area contributed by atoms with Gasteiger partial charge in [-0.2, -0.15) is 4.99 Å². The summed E-state index contributed by atoms with van der Waals surface area (Å²) in [5.74, 6) is -0.960. The van der Waals surface area contributed by atoms with Crippen LogP contribution in [0.2, 0.25) is 0 Å². The number of carbonyl (C=O) groups excluding carboxylic acids is 2. The second kappa shape index (κ2) is 10.7. The Labute approximate surface area is 212 Å². The van der Waals surface area contributed by atoms with Gasteiger partial charge in [0, 0.05) is 17.8 Å². The van der Waals surface area contributed by atoms with E-state index in [4.69, 9.17) is 4.74 Å². The van der Waals surface area contributed by atoms with E-state index in [0.717, 1.165) is 10.2 Å². The first-order valence-corrected chi connectivity index (χ1v) is 13.3. The van der Waals surface area contributed by atoms with Gasteiger partial charge in [-0.05, 0) is 55.5 Å². The lowest BCUT2D eigenvalue weighted by molar-refractivity contribution is 0.0526. The van der Waals surface area contributed by atoms with Gasteiger partial charge < -0.3 is 9.30 Å². The fourth-order valence-electron chi connectivity index (χ4n) is 3.49. The number of ether oxygens (including phenoxy) is 1. The molecule has 0 saturated carbocycles. The number of hydrogen-bond donors (Lipinski definition) is 1. The van der Waals surface area contributed by atoms with Crippen molar-refractivity contribution in [3.8, 4) is 0 Å². The average molecular weight is 522 g/mol. The smallest absolute Gasteiger partial charge is 0.338 e. The highest BCUT2D eigenvalue weighted by molar-refractivity contribution is 7.92. The number of fused-ring (bicyclic) bond motifs is 1.